The summed E-state index contributed by atoms with van der Waals surface area (Å²) in [4.78, 5) is 25.5. The summed E-state index contributed by atoms with van der Waals surface area (Å²) in [7, 11) is 3.04. The van der Waals surface area contributed by atoms with Crippen LogP contribution in [0.25, 0.3) is 5.57 Å². The minimum absolute atomic E-state index is 0.118. The molecule has 1 aliphatic carbocycles. The maximum Gasteiger partial charge on any atom is 0.317 e. The minimum Gasteiger partial charge on any atom is -0.493 e. The van der Waals surface area contributed by atoms with E-state index in [4.69, 9.17) is 25.8 Å². The van der Waals surface area contributed by atoms with Crippen LogP contribution in [-0.2, 0) is 14.3 Å². The lowest BCUT2D eigenvalue weighted by atomic mass is 9.73. The molecule has 158 valence electrons. The van der Waals surface area contributed by atoms with E-state index in [1.807, 2.05) is 0 Å². The summed E-state index contributed by atoms with van der Waals surface area (Å²) in [5, 5.41) is 0.163. The van der Waals surface area contributed by atoms with Crippen LogP contribution in [0.1, 0.15) is 30.4 Å². The number of carbonyl (C=O) groups is 2. The highest BCUT2D eigenvalue weighted by Crippen LogP contribution is 2.44. The number of ether oxygens (including phenoxy) is 3. The molecular weight excluding hydrogens is 411 g/mol. The van der Waals surface area contributed by atoms with Crippen LogP contribution in [0.5, 0.6) is 11.5 Å². The van der Waals surface area contributed by atoms with E-state index >= 15 is 0 Å². The van der Waals surface area contributed by atoms with Crippen LogP contribution in [0.2, 0.25) is 5.02 Å². The maximum atomic E-state index is 14.7. The molecule has 0 bridgehead atoms. The van der Waals surface area contributed by atoms with Gasteiger partial charge in [0.25, 0.3) is 0 Å². The van der Waals surface area contributed by atoms with E-state index < -0.39 is 29.4 Å². The molecule has 0 saturated carbocycles. The normalized spacial score (nSPS) is 18.6. The summed E-state index contributed by atoms with van der Waals surface area (Å²) >= 11 is 6.28. The van der Waals surface area contributed by atoms with Crippen molar-refractivity contribution in [1.82, 2.24) is 0 Å². The molecule has 0 fully saturated rings. The van der Waals surface area contributed by atoms with Gasteiger partial charge in [0.2, 0.25) is 0 Å². The number of rotatable bonds is 6. The van der Waals surface area contributed by atoms with Crippen molar-refractivity contribution in [2.75, 3.05) is 20.8 Å². The molecule has 5 nitrogen and oxygen atoms in total. The molecule has 0 heterocycles. The lowest BCUT2D eigenvalue weighted by Gasteiger charge is -2.30. The van der Waals surface area contributed by atoms with Crippen molar-refractivity contribution in [1.29, 1.82) is 0 Å². The Balaban J connectivity index is 2.10. The van der Waals surface area contributed by atoms with E-state index in [0.29, 0.717) is 22.6 Å². The van der Waals surface area contributed by atoms with E-state index in [-0.39, 0.29) is 23.6 Å². The van der Waals surface area contributed by atoms with Gasteiger partial charge in [-0.2, -0.15) is 0 Å². The number of hydrogen-bond acceptors (Lipinski definition) is 5. The monoisotopic (exact) mass is 432 g/mol. The summed E-state index contributed by atoms with van der Waals surface area (Å²) in [6.45, 7) is 1.77. The molecule has 2 aromatic rings. The van der Waals surface area contributed by atoms with Gasteiger partial charge in [0.15, 0.2) is 17.3 Å². The smallest absolute Gasteiger partial charge is 0.317 e. The second-order valence-electron chi connectivity index (χ2n) is 6.82. The van der Waals surface area contributed by atoms with Crippen molar-refractivity contribution < 1.29 is 28.2 Å². The summed E-state index contributed by atoms with van der Waals surface area (Å²) in [5.74, 6) is -2.62. The molecule has 30 heavy (non-hydrogen) atoms. The molecule has 3 rings (SSSR count). The molecule has 0 aliphatic heterocycles. The minimum atomic E-state index is -1.16. The fraction of sp³-hybridized carbons (Fsp3) is 0.304. The van der Waals surface area contributed by atoms with Crippen molar-refractivity contribution in [3.63, 3.8) is 0 Å². The zero-order valence-corrected chi connectivity index (χ0v) is 17.7. The molecule has 0 spiro atoms. The number of allylic oxidation sites excluding steroid dienone is 2. The average molecular weight is 433 g/mol. The molecule has 2 unspecified atom stereocenters. The molecule has 0 amide bonds. The van der Waals surface area contributed by atoms with E-state index in [2.05, 4.69) is 0 Å². The molecule has 2 atom stereocenters. The van der Waals surface area contributed by atoms with E-state index in [9.17, 15) is 14.0 Å². The van der Waals surface area contributed by atoms with Gasteiger partial charge >= 0.3 is 5.97 Å². The predicted octanol–water partition coefficient (Wildman–Crippen LogP) is 4.82. The highest BCUT2D eigenvalue weighted by atomic mass is 35.5. The SMILES string of the molecule is CCOC(=O)C1C(=O)C=C(c2ccc(OC)c(OC)c2)CC1c1c(F)cccc1Cl. The first kappa shape index (κ1) is 21.8. The first-order chi connectivity index (χ1) is 14.4. The summed E-state index contributed by atoms with van der Waals surface area (Å²) in [6.07, 6.45) is 1.64. The Kier molecular flexibility index (Phi) is 6.77. The molecule has 2 aromatic carbocycles. The van der Waals surface area contributed by atoms with Gasteiger partial charge in [0.05, 0.1) is 20.8 Å². The number of esters is 1. The summed E-state index contributed by atoms with van der Waals surface area (Å²) in [6, 6.07) is 9.54. The average Bonchev–Trinajstić information content (AvgIpc) is 2.72. The molecule has 7 heteroatoms. The lowest BCUT2D eigenvalue weighted by Crippen LogP contribution is -2.34. The van der Waals surface area contributed by atoms with Gasteiger partial charge in [-0.1, -0.05) is 23.7 Å². The Bertz CT molecular complexity index is 981. The number of hydrogen-bond donors (Lipinski definition) is 0. The Morgan fingerprint density at radius 1 is 1.17 bits per heavy atom. The topological polar surface area (TPSA) is 61.8 Å². The van der Waals surface area contributed by atoms with E-state index in [0.717, 1.165) is 0 Å². The number of ketones is 1. The fourth-order valence-corrected chi connectivity index (χ4v) is 4.06. The van der Waals surface area contributed by atoms with Crippen LogP contribution < -0.4 is 9.47 Å². The van der Waals surface area contributed by atoms with Crippen LogP contribution in [0, 0.1) is 11.7 Å². The largest absolute Gasteiger partial charge is 0.493 e. The van der Waals surface area contributed by atoms with Gasteiger partial charge in [0.1, 0.15) is 11.7 Å². The zero-order valence-electron chi connectivity index (χ0n) is 16.9. The molecule has 0 aromatic heterocycles. The van der Waals surface area contributed by atoms with E-state index in [1.54, 1.807) is 31.2 Å². The van der Waals surface area contributed by atoms with Crippen LogP contribution in [0.3, 0.4) is 0 Å². The van der Waals surface area contributed by atoms with Gasteiger partial charge < -0.3 is 14.2 Å². The fourth-order valence-electron chi connectivity index (χ4n) is 3.76. The van der Waals surface area contributed by atoms with Crippen LogP contribution >= 0.6 is 11.6 Å². The van der Waals surface area contributed by atoms with Gasteiger partial charge in [-0.05, 0) is 54.8 Å². The lowest BCUT2D eigenvalue weighted by molar-refractivity contribution is -0.151. The molecular formula is C23H22ClFO5. The Morgan fingerprint density at radius 2 is 1.90 bits per heavy atom. The first-order valence-corrected chi connectivity index (χ1v) is 9.86. The predicted molar refractivity (Wildman–Crippen MR) is 111 cm³/mol. The van der Waals surface area contributed by atoms with Crippen molar-refractivity contribution in [3.05, 3.63) is 64.4 Å². The van der Waals surface area contributed by atoms with Crippen molar-refractivity contribution >= 4 is 28.9 Å². The summed E-state index contributed by atoms with van der Waals surface area (Å²) in [5.41, 5.74) is 1.49. The van der Waals surface area contributed by atoms with Crippen molar-refractivity contribution in [3.8, 4) is 11.5 Å². The molecule has 0 radical (unpaired) electrons. The quantitative estimate of drug-likeness (QED) is 0.484. The number of halogens is 2. The highest BCUT2D eigenvalue weighted by molar-refractivity contribution is 6.31. The second kappa shape index (κ2) is 9.30. The van der Waals surface area contributed by atoms with Gasteiger partial charge in [-0.25, -0.2) is 4.39 Å². The third-order valence-electron chi connectivity index (χ3n) is 5.13. The van der Waals surface area contributed by atoms with Gasteiger partial charge in [0, 0.05) is 16.5 Å². The Labute approximate surface area is 179 Å². The van der Waals surface area contributed by atoms with Gasteiger partial charge in [-0.3, -0.25) is 9.59 Å². The maximum absolute atomic E-state index is 14.7. The van der Waals surface area contributed by atoms with Crippen LogP contribution in [0.15, 0.2) is 42.5 Å². The standard InChI is InChI=1S/C23H22ClFO5/c1-4-30-23(27)22-15(21-16(24)6-5-7-17(21)25)10-14(11-18(22)26)13-8-9-19(28-2)20(12-13)29-3/h5-9,11-12,15,22H,4,10H2,1-3H3. The third kappa shape index (κ3) is 4.19. The summed E-state index contributed by atoms with van der Waals surface area (Å²) < 4.78 is 30.4. The van der Waals surface area contributed by atoms with Crippen LogP contribution in [-0.4, -0.2) is 32.6 Å². The molecule has 0 N–H and O–H groups in total. The number of methoxy groups -OCH3 is 2. The molecule has 0 saturated heterocycles. The third-order valence-corrected chi connectivity index (χ3v) is 5.46. The van der Waals surface area contributed by atoms with Crippen molar-refractivity contribution in [2.24, 2.45) is 5.92 Å². The Hall–Kier alpha value is -2.86. The zero-order chi connectivity index (χ0) is 21.8. The number of benzene rings is 2. The number of carbonyl (C=O) groups excluding carboxylic acids is 2. The molecule has 1 aliphatic rings. The van der Waals surface area contributed by atoms with Gasteiger partial charge in [-0.15, -0.1) is 0 Å². The second-order valence-corrected chi connectivity index (χ2v) is 7.22. The Morgan fingerprint density at radius 3 is 2.53 bits per heavy atom. The van der Waals surface area contributed by atoms with Crippen LogP contribution in [0.4, 0.5) is 4.39 Å². The highest BCUT2D eigenvalue weighted by Gasteiger charge is 2.41. The van der Waals surface area contributed by atoms with E-state index in [1.165, 1.54) is 32.4 Å². The first-order valence-electron chi connectivity index (χ1n) is 9.48. The van der Waals surface area contributed by atoms with Crippen molar-refractivity contribution in [2.45, 2.75) is 19.3 Å².